The lowest BCUT2D eigenvalue weighted by Gasteiger charge is -2.12. The third-order valence-corrected chi connectivity index (χ3v) is 4.43. The summed E-state index contributed by atoms with van der Waals surface area (Å²) in [4.78, 5) is 5.67. The standard InChI is InChI=1S/C11H14N4S2/c1-6-5-12-10(17-6)7(2)15-9(8-3-4-8)13-14-11(15)16/h5,7-8H,3-4H2,1-2H3,(H,14,16). The van der Waals surface area contributed by atoms with E-state index in [1.165, 1.54) is 17.7 Å². The van der Waals surface area contributed by atoms with Crippen molar-refractivity contribution in [3.8, 4) is 0 Å². The second-order valence-corrected chi connectivity index (χ2v) is 6.17. The van der Waals surface area contributed by atoms with E-state index in [-0.39, 0.29) is 6.04 Å². The van der Waals surface area contributed by atoms with Crippen LogP contribution in [0.25, 0.3) is 0 Å². The summed E-state index contributed by atoms with van der Waals surface area (Å²) >= 11 is 7.05. The summed E-state index contributed by atoms with van der Waals surface area (Å²) < 4.78 is 2.82. The first-order chi connectivity index (χ1) is 8.16. The molecule has 17 heavy (non-hydrogen) atoms. The Kier molecular flexibility index (Phi) is 2.63. The van der Waals surface area contributed by atoms with Gasteiger partial charge < -0.3 is 0 Å². The van der Waals surface area contributed by atoms with E-state index in [4.69, 9.17) is 12.2 Å². The van der Waals surface area contributed by atoms with Crippen molar-refractivity contribution >= 4 is 23.6 Å². The maximum absolute atomic E-state index is 5.32. The van der Waals surface area contributed by atoms with Crippen molar-refractivity contribution in [3.05, 3.63) is 26.7 Å². The van der Waals surface area contributed by atoms with Gasteiger partial charge in [-0.3, -0.25) is 9.67 Å². The maximum Gasteiger partial charge on any atom is 0.195 e. The maximum atomic E-state index is 5.32. The van der Waals surface area contributed by atoms with Crippen LogP contribution in [0.3, 0.4) is 0 Å². The van der Waals surface area contributed by atoms with Gasteiger partial charge in [0.05, 0.1) is 6.04 Å². The van der Waals surface area contributed by atoms with E-state index in [1.807, 2.05) is 6.20 Å². The van der Waals surface area contributed by atoms with E-state index in [0.717, 1.165) is 10.8 Å². The molecule has 0 saturated heterocycles. The van der Waals surface area contributed by atoms with Gasteiger partial charge in [-0.15, -0.1) is 11.3 Å². The van der Waals surface area contributed by atoms with Crippen molar-refractivity contribution in [1.29, 1.82) is 0 Å². The Balaban J connectivity index is 2.03. The first-order valence-electron chi connectivity index (χ1n) is 5.76. The van der Waals surface area contributed by atoms with Crippen molar-refractivity contribution in [2.45, 2.75) is 38.6 Å². The topological polar surface area (TPSA) is 46.5 Å². The quantitative estimate of drug-likeness (QED) is 0.868. The normalized spacial score (nSPS) is 17.3. The lowest BCUT2D eigenvalue weighted by atomic mass is 10.3. The Morgan fingerprint density at radius 3 is 2.94 bits per heavy atom. The van der Waals surface area contributed by atoms with Crippen molar-refractivity contribution in [2.75, 3.05) is 0 Å². The number of aromatic nitrogens is 4. The number of nitrogens with zero attached hydrogens (tertiary/aromatic N) is 3. The third-order valence-electron chi connectivity index (χ3n) is 3.06. The van der Waals surface area contributed by atoms with E-state index in [9.17, 15) is 0 Å². The minimum absolute atomic E-state index is 0.176. The molecule has 1 atom stereocenters. The molecule has 4 nitrogen and oxygen atoms in total. The van der Waals surface area contributed by atoms with Gasteiger partial charge in [-0.05, 0) is 38.9 Å². The molecule has 1 fully saturated rings. The highest BCUT2D eigenvalue weighted by Crippen LogP contribution is 2.40. The van der Waals surface area contributed by atoms with Crippen LogP contribution in [0.4, 0.5) is 0 Å². The second kappa shape index (κ2) is 4.03. The summed E-state index contributed by atoms with van der Waals surface area (Å²) in [5.74, 6) is 1.68. The fourth-order valence-electron chi connectivity index (χ4n) is 2.00. The van der Waals surface area contributed by atoms with Gasteiger partial charge in [-0.25, -0.2) is 4.98 Å². The van der Waals surface area contributed by atoms with Crippen molar-refractivity contribution in [2.24, 2.45) is 0 Å². The van der Waals surface area contributed by atoms with Crippen LogP contribution in [-0.2, 0) is 0 Å². The molecule has 90 valence electrons. The van der Waals surface area contributed by atoms with Crippen molar-refractivity contribution in [3.63, 3.8) is 0 Å². The molecule has 0 aliphatic heterocycles. The second-order valence-electron chi connectivity index (χ2n) is 4.52. The lowest BCUT2D eigenvalue weighted by Crippen LogP contribution is -2.10. The number of hydrogen-bond acceptors (Lipinski definition) is 4. The van der Waals surface area contributed by atoms with Gasteiger partial charge in [-0.2, -0.15) is 5.10 Å². The van der Waals surface area contributed by atoms with Gasteiger partial charge in [0.1, 0.15) is 10.8 Å². The zero-order valence-corrected chi connectivity index (χ0v) is 11.4. The molecule has 0 spiro atoms. The molecule has 0 radical (unpaired) electrons. The van der Waals surface area contributed by atoms with Gasteiger partial charge in [0.25, 0.3) is 0 Å². The largest absolute Gasteiger partial charge is 0.294 e. The highest BCUT2D eigenvalue weighted by molar-refractivity contribution is 7.71. The molecule has 2 heterocycles. The predicted octanol–water partition coefficient (Wildman–Crippen LogP) is 3.19. The Hall–Kier alpha value is -1.01. The molecule has 1 aliphatic carbocycles. The van der Waals surface area contributed by atoms with E-state index in [2.05, 4.69) is 33.6 Å². The van der Waals surface area contributed by atoms with Gasteiger partial charge in [0.2, 0.25) is 0 Å². The lowest BCUT2D eigenvalue weighted by molar-refractivity contribution is 0.592. The number of thiazole rings is 1. The van der Waals surface area contributed by atoms with E-state index < -0.39 is 0 Å². The van der Waals surface area contributed by atoms with Crippen LogP contribution in [0.15, 0.2) is 6.20 Å². The summed E-state index contributed by atoms with van der Waals surface area (Å²) in [5, 5.41) is 8.36. The molecular formula is C11H14N4S2. The first kappa shape index (κ1) is 11.1. The van der Waals surface area contributed by atoms with Crippen molar-refractivity contribution in [1.82, 2.24) is 19.7 Å². The van der Waals surface area contributed by atoms with Crippen LogP contribution in [0, 0.1) is 11.7 Å². The van der Waals surface area contributed by atoms with E-state index in [0.29, 0.717) is 10.7 Å². The molecule has 0 amide bonds. The Morgan fingerprint density at radius 1 is 1.59 bits per heavy atom. The molecule has 1 saturated carbocycles. The van der Waals surface area contributed by atoms with Crippen LogP contribution in [0.5, 0.6) is 0 Å². The van der Waals surface area contributed by atoms with Crippen molar-refractivity contribution < 1.29 is 0 Å². The first-order valence-corrected chi connectivity index (χ1v) is 6.98. The summed E-state index contributed by atoms with van der Waals surface area (Å²) in [6.45, 7) is 4.21. The molecule has 6 heteroatoms. The monoisotopic (exact) mass is 266 g/mol. The Morgan fingerprint density at radius 2 is 2.35 bits per heavy atom. The molecule has 3 rings (SSSR count). The summed E-state index contributed by atoms with van der Waals surface area (Å²) in [7, 11) is 0. The van der Waals surface area contributed by atoms with Gasteiger partial charge in [-0.1, -0.05) is 0 Å². The Labute approximate surface area is 109 Å². The van der Waals surface area contributed by atoms with Crippen LogP contribution >= 0.6 is 23.6 Å². The molecular weight excluding hydrogens is 252 g/mol. The number of hydrogen-bond donors (Lipinski definition) is 1. The van der Waals surface area contributed by atoms with Gasteiger partial charge >= 0.3 is 0 Å². The average molecular weight is 266 g/mol. The molecule has 1 N–H and O–H groups in total. The molecule has 2 aromatic rings. The zero-order chi connectivity index (χ0) is 12.0. The van der Waals surface area contributed by atoms with Crippen LogP contribution < -0.4 is 0 Å². The number of aromatic amines is 1. The minimum Gasteiger partial charge on any atom is -0.294 e. The van der Waals surface area contributed by atoms with Gasteiger partial charge in [0.15, 0.2) is 4.77 Å². The average Bonchev–Trinajstić information content (AvgIpc) is 2.94. The predicted molar refractivity (Wildman–Crippen MR) is 70.1 cm³/mol. The summed E-state index contributed by atoms with van der Waals surface area (Å²) in [6, 6.07) is 0.176. The zero-order valence-electron chi connectivity index (χ0n) is 9.80. The van der Waals surface area contributed by atoms with Crippen LogP contribution in [-0.4, -0.2) is 19.7 Å². The van der Waals surface area contributed by atoms with E-state index >= 15 is 0 Å². The fourth-order valence-corrected chi connectivity index (χ4v) is 3.11. The number of aryl methyl sites for hydroxylation is 1. The van der Waals surface area contributed by atoms with Crippen LogP contribution in [0.1, 0.15) is 47.4 Å². The smallest absolute Gasteiger partial charge is 0.195 e. The molecule has 1 aliphatic rings. The Bertz CT molecular complexity index is 591. The number of rotatable bonds is 3. The molecule has 0 aromatic carbocycles. The van der Waals surface area contributed by atoms with Crippen LogP contribution in [0.2, 0.25) is 0 Å². The summed E-state index contributed by atoms with van der Waals surface area (Å²) in [6.07, 6.45) is 4.36. The third kappa shape index (κ3) is 1.95. The minimum atomic E-state index is 0.176. The van der Waals surface area contributed by atoms with E-state index in [1.54, 1.807) is 11.3 Å². The summed E-state index contributed by atoms with van der Waals surface area (Å²) in [5.41, 5.74) is 0. The molecule has 0 bridgehead atoms. The number of nitrogens with one attached hydrogen (secondary N) is 1. The SMILES string of the molecule is Cc1cnc(C(C)n2c(C3CC3)n[nH]c2=S)s1. The number of H-pyrrole nitrogens is 1. The highest BCUT2D eigenvalue weighted by Gasteiger charge is 2.31. The van der Waals surface area contributed by atoms with Gasteiger partial charge in [0, 0.05) is 17.0 Å². The molecule has 2 aromatic heterocycles. The highest BCUT2D eigenvalue weighted by atomic mass is 32.1. The fraction of sp³-hybridized carbons (Fsp3) is 0.545. The molecule has 1 unspecified atom stereocenters.